The molecular formula is C23H29ClN2O3S. The van der Waals surface area contributed by atoms with Crippen molar-refractivity contribution in [2.24, 2.45) is 0 Å². The number of piperidine rings is 1. The normalized spacial score (nSPS) is 16.3. The molecule has 0 bridgehead atoms. The molecule has 1 fully saturated rings. The van der Waals surface area contributed by atoms with E-state index in [9.17, 15) is 13.2 Å². The largest absolute Gasteiger partial charge is 0.345 e. The highest BCUT2D eigenvalue weighted by molar-refractivity contribution is 7.89. The Bertz CT molecular complexity index is 1060. The Labute approximate surface area is 184 Å². The van der Waals surface area contributed by atoms with E-state index in [0.29, 0.717) is 13.1 Å². The first-order valence-corrected chi connectivity index (χ1v) is 12.1. The number of hydrogen-bond acceptors (Lipinski definition) is 3. The van der Waals surface area contributed by atoms with E-state index < -0.39 is 10.0 Å². The van der Waals surface area contributed by atoms with Crippen molar-refractivity contribution in [3.05, 3.63) is 63.2 Å². The van der Waals surface area contributed by atoms with Gasteiger partial charge in [0, 0.05) is 13.1 Å². The van der Waals surface area contributed by atoms with Gasteiger partial charge in [0.05, 0.1) is 21.5 Å². The van der Waals surface area contributed by atoms with Gasteiger partial charge in [-0.25, -0.2) is 8.42 Å². The molecule has 30 heavy (non-hydrogen) atoms. The molecule has 3 rings (SSSR count). The number of halogens is 1. The summed E-state index contributed by atoms with van der Waals surface area (Å²) in [5.41, 5.74) is 4.65. The van der Waals surface area contributed by atoms with Crippen LogP contribution >= 0.6 is 11.6 Å². The summed E-state index contributed by atoms with van der Waals surface area (Å²) < 4.78 is 27.5. The van der Waals surface area contributed by atoms with Crippen LogP contribution in [0.5, 0.6) is 0 Å². The molecule has 7 heteroatoms. The van der Waals surface area contributed by atoms with E-state index in [0.717, 1.165) is 36.0 Å². The van der Waals surface area contributed by atoms with Crippen LogP contribution in [0.25, 0.3) is 0 Å². The molecular weight excluding hydrogens is 420 g/mol. The maximum atomic E-state index is 13.0. The Hall–Kier alpha value is -1.89. The number of nitrogens with one attached hydrogen (secondary N) is 1. The smallest absolute Gasteiger partial charge is 0.253 e. The maximum absolute atomic E-state index is 13.0. The molecule has 1 aliphatic heterocycles. The van der Waals surface area contributed by atoms with Gasteiger partial charge in [0.25, 0.3) is 5.91 Å². The van der Waals surface area contributed by atoms with Gasteiger partial charge in [-0.05, 0) is 81.0 Å². The summed E-state index contributed by atoms with van der Waals surface area (Å²) in [6.45, 7) is 9.05. The molecule has 1 N–H and O–H groups in total. The summed E-state index contributed by atoms with van der Waals surface area (Å²) in [6, 6.07) is 8.29. The Morgan fingerprint density at radius 3 is 2.30 bits per heavy atom. The number of hydrogen-bond donors (Lipinski definition) is 1. The van der Waals surface area contributed by atoms with Crippen molar-refractivity contribution < 1.29 is 13.2 Å². The Balaban J connectivity index is 1.86. The second-order valence-corrected chi connectivity index (χ2v) is 10.4. The van der Waals surface area contributed by atoms with E-state index in [2.05, 4.69) is 24.4 Å². The number of amides is 1. The monoisotopic (exact) mass is 448 g/mol. The molecule has 1 aliphatic rings. The van der Waals surface area contributed by atoms with E-state index in [4.69, 9.17) is 11.6 Å². The molecule has 0 saturated carbocycles. The van der Waals surface area contributed by atoms with E-state index in [1.54, 1.807) is 0 Å². The third-order valence-electron chi connectivity index (χ3n) is 5.83. The summed E-state index contributed by atoms with van der Waals surface area (Å²) in [5, 5.41) is 3.20. The Kier molecular flexibility index (Phi) is 6.90. The minimum Gasteiger partial charge on any atom is -0.345 e. The molecule has 1 unspecified atom stereocenters. The zero-order valence-electron chi connectivity index (χ0n) is 18.0. The van der Waals surface area contributed by atoms with E-state index >= 15 is 0 Å². The van der Waals surface area contributed by atoms with Crippen LogP contribution < -0.4 is 5.32 Å². The first-order chi connectivity index (χ1) is 14.1. The molecule has 1 saturated heterocycles. The van der Waals surface area contributed by atoms with Crippen LogP contribution in [0.4, 0.5) is 0 Å². The van der Waals surface area contributed by atoms with E-state index in [-0.39, 0.29) is 27.4 Å². The second-order valence-electron chi connectivity index (χ2n) is 8.09. The molecule has 5 nitrogen and oxygen atoms in total. The fourth-order valence-corrected chi connectivity index (χ4v) is 5.64. The molecule has 1 amide bonds. The lowest BCUT2D eigenvalue weighted by atomic mass is 9.96. The fraction of sp³-hybridized carbons (Fsp3) is 0.435. The average Bonchev–Trinajstić information content (AvgIpc) is 2.71. The Morgan fingerprint density at radius 2 is 1.63 bits per heavy atom. The molecule has 0 aliphatic carbocycles. The minimum atomic E-state index is -3.64. The van der Waals surface area contributed by atoms with Gasteiger partial charge in [0.1, 0.15) is 0 Å². The average molecular weight is 449 g/mol. The topological polar surface area (TPSA) is 66.5 Å². The summed E-state index contributed by atoms with van der Waals surface area (Å²) in [5.74, 6) is -0.388. The number of carbonyl (C=O) groups is 1. The van der Waals surface area contributed by atoms with Gasteiger partial charge in [-0.15, -0.1) is 0 Å². The molecule has 1 heterocycles. The van der Waals surface area contributed by atoms with Gasteiger partial charge in [0.15, 0.2) is 0 Å². The van der Waals surface area contributed by atoms with Gasteiger partial charge in [-0.1, -0.05) is 30.2 Å². The van der Waals surface area contributed by atoms with Crippen LogP contribution in [0.2, 0.25) is 5.02 Å². The SMILES string of the molecule is Cc1cc(C)c(C(C)NC(=O)c2cc(S(=O)(=O)N3CCCCC3)ccc2Cl)cc1C. The van der Waals surface area contributed by atoms with Crippen LogP contribution in [0, 0.1) is 20.8 Å². The molecule has 0 aromatic heterocycles. The van der Waals surface area contributed by atoms with Crippen LogP contribution in [-0.2, 0) is 10.0 Å². The number of nitrogens with zero attached hydrogens (tertiary/aromatic N) is 1. The van der Waals surface area contributed by atoms with Crippen molar-refractivity contribution >= 4 is 27.5 Å². The summed E-state index contributed by atoms with van der Waals surface area (Å²) in [7, 11) is -3.64. The quantitative estimate of drug-likeness (QED) is 0.705. The lowest BCUT2D eigenvalue weighted by molar-refractivity contribution is 0.0939. The van der Waals surface area contributed by atoms with Crippen LogP contribution in [0.15, 0.2) is 35.2 Å². The summed E-state index contributed by atoms with van der Waals surface area (Å²) in [4.78, 5) is 13.1. The van der Waals surface area contributed by atoms with Gasteiger partial charge >= 0.3 is 0 Å². The summed E-state index contributed by atoms with van der Waals surface area (Å²) >= 11 is 6.26. The maximum Gasteiger partial charge on any atom is 0.253 e. The molecule has 2 aromatic carbocycles. The van der Waals surface area contributed by atoms with Gasteiger partial charge in [-0.3, -0.25) is 4.79 Å². The first kappa shape index (κ1) is 22.8. The van der Waals surface area contributed by atoms with Crippen molar-refractivity contribution in [2.45, 2.75) is 57.9 Å². The van der Waals surface area contributed by atoms with Crippen molar-refractivity contribution in [2.75, 3.05) is 13.1 Å². The zero-order valence-corrected chi connectivity index (χ0v) is 19.5. The fourth-order valence-electron chi connectivity index (χ4n) is 3.89. The number of rotatable bonds is 5. The van der Waals surface area contributed by atoms with Gasteiger partial charge in [0.2, 0.25) is 10.0 Å². The lowest BCUT2D eigenvalue weighted by Gasteiger charge is -2.26. The summed E-state index contributed by atoms with van der Waals surface area (Å²) in [6.07, 6.45) is 2.75. The highest BCUT2D eigenvalue weighted by Gasteiger charge is 2.27. The minimum absolute atomic E-state index is 0.106. The van der Waals surface area contributed by atoms with Crippen molar-refractivity contribution in [1.82, 2.24) is 9.62 Å². The van der Waals surface area contributed by atoms with Crippen molar-refractivity contribution in [3.8, 4) is 0 Å². The third kappa shape index (κ3) is 4.71. The number of carbonyl (C=O) groups excluding carboxylic acids is 1. The molecule has 1 atom stereocenters. The number of sulfonamides is 1. The molecule has 2 aromatic rings. The molecule has 0 spiro atoms. The van der Waals surface area contributed by atoms with Gasteiger partial charge < -0.3 is 5.32 Å². The highest BCUT2D eigenvalue weighted by Crippen LogP contribution is 2.27. The third-order valence-corrected chi connectivity index (χ3v) is 8.06. The molecule has 162 valence electrons. The van der Waals surface area contributed by atoms with E-state index in [1.165, 1.54) is 28.1 Å². The number of benzene rings is 2. The number of aryl methyl sites for hydroxylation is 3. The van der Waals surface area contributed by atoms with Crippen LogP contribution in [0.3, 0.4) is 0 Å². The van der Waals surface area contributed by atoms with Crippen LogP contribution in [-0.4, -0.2) is 31.7 Å². The Morgan fingerprint density at radius 1 is 1.00 bits per heavy atom. The standard InChI is InChI=1S/C23H29ClN2O3S/c1-15-12-17(3)20(13-16(15)2)18(4)25-23(27)21-14-19(8-9-22(21)24)30(28,29)26-10-6-5-7-11-26/h8-9,12-14,18H,5-7,10-11H2,1-4H3,(H,25,27). The first-order valence-electron chi connectivity index (χ1n) is 10.3. The van der Waals surface area contributed by atoms with Crippen molar-refractivity contribution in [3.63, 3.8) is 0 Å². The predicted octanol–water partition coefficient (Wildman–Crippen LogP) is 4.93. The van der Waals surface area contributed by atoms with Crippen molar-refractivity contribution in [1.29, 1.82) is 0 Å². The van der Waals surface area contributed by atoms with Crippen LogP contribution in [0.1, 0.15) is 64.8 Å². The predicted molar refractivity (Wildman–Crippen MR) is 121 cm³/mol. The highest BCUT2D eigenvalue weighted by atomic mass is 35.5. The van der Waals surface area contributed by atoms with Gasteiger partial charge in [-0.2, -0.15) is 4.31 Å². The molecule has 0 radical (unpaired) electrons. The zero-order chi connectivity index (χ0) is 22.1. The lowest BCUT2D eigenvalue weighted by Crippen LogP contribution is -2.35. The van der Waals surface area contributed by atoms with E-state index in [1.807, 2.05) is 20.8 Å². The second kappa shape index (κ2) is 9.08.